The molecule has 1 aromatic heterocycles. The summed E-state index contributed by atoms with van der Waals surface area (Å²) in [7, 11) is 0. The van der Waals surface area contributed by atoms with Crippen LogP contribution < -0.4 is 5.32 Å². The number of aliphatic hydroxyl groups is 1. The summed E-state index contributed by atoms with van der Waals surface area (Å²) in [6, 6.07) is 4.85. The molecule has 0 fully saturated rings. The smallest absolute Gasteiger partial charge is 0.0496 e. The van der Waals surface area contributed by atoms with Crippen LogP contribution in [0, 0.1) is 12.3 Å². The summed E-state index contributed by atoms with van der Waals surface area (Å²) in [5.41, 5.74) is 0.0135. The van der Waals surface area contributed by atoms with Crippen molar-refractivity contribution < 1.29 is 5.11 Å². The fraction of sp³-hybridized carbons (Fsp3) is 0.714. The molecule has 2 unspecified atom stereocenters. The number of hydrogen-bond donors (Lipinski definition) is 2. The minimum absolute atomic E-state index is 0.0135. The van der Waals surface area contributed by atoms with Crippen molar-refractivity contribution in [1.29, 1.82) is 0 Å². The second kappa shape index (κ2) is 6.53. The third-order valence-electron chi connectivity index (χ3n) is 3.42. The monoisotopic (exact) mass is 255 g/mol. The van der Waals surface area contributed by atoms with Crippen molar-refractivity contribution in [3.05, 3.63) is 21.9 Å². The zero-order valence-electron chi connectivity index (χ0n) is 11.4. The zero-order chi connectivity index (χ0) is 12.9. The van der Waals surface area contributed by atoms with Gasteiger partial charge >= 0.3 is 0 Å². The lowest BCUT2D eigenvalue weighted by atomic mass is 9.88. The third-order valence-corrected chi connectivity index (χ3v) is 4.44. The molecule has 2 atom stereocenters. The number of thiophene rings is 1. The van der Waals surface area contributed by atoms with Crippen LogP contribution in [0.5, 0.6) is 0 Å². The number of rotatable bonds is 7. The van der Waals surface area contributed by atoms with E-state index in [1.807, 2.05) is 11.3 Å². The Labute approximate surface area is 109 Å². The Hall–Kier alpha value is -0.380. The molecule has 3 heteroatoms. The lowest BCUT2D eigenvalue weighted by Gasteiger charge is -2.28. The van der Waals surface area contributed by atoms with Crippen LogP contribution in [0.1, 0.15) is 36.9 Å². The van der Waals surface area contributed by atoms with Crippen molar-refractivity contribution in [3.63, 3.8) is 0 Å². The highest BCUT2D eigenvalue weighted by molar-refractivity contribution is 7.11. The summed E-state index contributed by atoms with van der Waals surface area (Å²) in [5, 5.41) is 12.9. The summed E-state index contributed by atoms with van der Waals surface area (Å²) in [5.74, 6) is 0. The van der Waals surface area contributed by atoms with Crippen LogP contribution in [0.25, 0.3) is 0 Å². The fourth-order valence-corrected chi connectivity index (χ4v) is 2.70. The number of nitrogens with one attached hydrogen (secondary N) is 1. The predicted octanol–water partition coefficient (Wildman–Crippen LogP) is 2.99. The molecular formula is C14H25NOS. The summed E-state index contributed by atoms with van der Waals surface area (Å²) in [6.07, 6.45) is 2.07. The Kier molecular flexibility index (Phi) is 5.63. The molecule has 1 aromatic rings. The second-order valence-electron chi connectivity index (χ2n) is 5.32. The highest BCUT2D eigenvalue weighted by atomic mass is 32.1. The van der Waals surface area contributed by atoms with Crippen LogP contribution in [-0.2, 0) is 6.42 Å². The molecule has 0 saturated heterocycles. The largest absolute Gasteiger partial charge is 0.396 e. The average Bonchev–Trinajstić information content (AvgIpc) is 2.72. The summed E-state index contributed by atoms with van der Waals surface area (Å²) in [4.78, 5) is 2.81. The average molecular weight is 255 g/mol. The van der Waals surface area contributed by atoms with Crippen LogP contribution in [0.15, 0.2) is 12.1 Å². The lowest BCUT2D eigenvalue weighted by molar-refractivity contribution is 0.132. The number of aliphatic hydroxyl groups excluding tert-OH is 1. The summed E-state index contributed by atoms with van der Waals surface area (Å²) < 4.78 is 0. The first kappa shape index (κ1) is 14.7. The van der Waals surface area contributed by atoms with Gasteiger partial charge in [0, 0.05) is 34.4 Å². The molecule has 0 saturated carbocycles. The predicted molar refractivity (Wildman–Crippen MR) is 75.7 cm³/mol. The molecule has 0 aliphatic heterocycles. The van der Waals surface area contributed by atoms with Gasteiger partial charge in [0.05, 0.1) is 0 Å². The molecule has 2 N–H and O–H groups in total. The van der Waals surface area contributed by atoms with E-state index in [9.17, 15) is 5.11 Å². The molecule has 0 aliphatic carbocycles. The van der Waals surface area contributed by atoms with E-state index < -0.39 is 0 Å². The van der Waals surface area contributed by atoms with E-state index in [4.69, 9.17) is 0 Å². The Morgan fingerprint density at radius 1 is 1.47 bits per heavy atom. The lowest BCUT2D eigenvalue weighted by Crippen LogP contribution is -2.39. The van der Waals surface area contributed by atoms with Gasteiger partial charge in [0.1, 0.15) is 0 Å². The molecule has 0 radical (unpaired) electrons. The van der Waals surface area contributed by atoms with E-state index >= 15 is 0 Å². The maximum atomic E-state index is 9.35. The van der Waals surface area contributed by atoms with Crippen molar-refractivity contribution in [3.8, 4) is 0 Å². The molecule has 98 valence electrons. The first-order valence-electron chi connectivity index (χ1n) is 6.38. The molecule has 0 amide bonds. The molecule has 0 aliphatic rings. The number of hydrogen-bond acceptors (Lipinski definition) is 3. The maximum absolute atomic E-state index is 9.35. The van der Waals surface area contributed by atoms with Crippen LogP contribution in [0.4, 0.5) is 0 Å². The van der Waals surface area contributed by atoms with Gasteiger partial charge in [0.2, 0.25) is 0 Å². The van der Waals surface area contributed by atoms with E-state index in [0.717, 1.165) is 19.4 Å². The van der Waals surface area contributed by atoms with Gasteiger partial charge in [0.15, 0.2) is 0 Å². The summed E-state index contributed by atoms with van der Waals surface area (Å²) >= 11 is 1.87. The molecule has 0 bridgehead atoms. The van der Waals surface area contributed by atoms with Gasteiger partial charge in [-0.15, -0.1) is 11.3 Å². The first-order chi connectivity index (χ1) is 7.99. The summed E-state index contributed by atoms with van der Waals surface area (Å²) in [6.45, 7) is 9.74. The Morgan fingerprint density at radius 3 is 2.65 bits per heavy atom. The van der Waals surface area contributed by atoms with E-state index in [-0.39, 0.29) is 12.0 Å². The Bertz CT molecular complexity index is 331. The van der Waals surface area contributed by atoms with Crippen molar-refractivity contribution in [2.45, 2.75) is 46.6 Å². The van der Waals surface area contributed by atoms with Gasteiger partial charge in [-0.05, 0) is 38.8 Å². The fourth-order valence-electron chi connectivity index (χ4n) is 1.68. The van der Waals surface area contributed by atoms with Crippen molar-refractivity contribution in [2.24, 2.45) is 5.41 Å². The minimum atomic E-state index is 0.0135. The highest BCUT2D eigenvalue weighted by Crippen LogP contribution is 2.20. The molecule has 17 heavy (non-hydrogen) atoms. The minimum Gasteiger partial charge on any atom is -0.396 e. The van der Waals surface area contributed by atoms with E-state index in [1.165, 1.54) is 9.75 Å². The standard InChI is InChI=1S/C14H25NOS/c1-5-14(4,10-16)9-15-11(2)8-13-7-6-12(3)17-13/h6-7,11,15-16H,5,8-10H2,1-4H3. The number of aryl methyl sites for hydroxylation is 1. The van der Waals surface area contributed by atoms with Crippen LogP contribution in [0.3, 0.4) is 0 Å². The van der Waals surface area contributed by atoms with Gasteiger partial charge in [-0.3, -0.25) is 0 Å². The third kappa shape index (κ3) is 4.78. The second-order valence-corrected chi connectivity index (χ2v) is 6.69. The van der Waals surface area contributed by atoms with Gasteiger partial charge in [-0.1, -0.05) is 13.8 Å². The quantitative estimate of drug-likeness (QED) is 0.785. The molecule has 0 aromatic carbocycles. The van der Waals surface area contributed by atoms with Gasteiger partial charge in [-0.2, -0.15) is 0 Å². The topological polar surface area (TPSA) is 32.3 Å². The molecule has 1 rings (SSSR count). The van der Waals surface area contributed by atoms with Crippen LogP contribution >= 0.6 is 11.3 Å². The van der Waals surface area contributed by atoms with E-state index in [1.54, 1.807) is 0 Å². The van der Waals surface area contributed by atoms with Crippen molar-refractivity contribution in [1.82, 2.24) is 5.32 Å². The van der Waals surface area contributed by atoms with E-state index in [0.29, 0.717) is 6.04 Å². The van der Waals surface area contributed by atoms with Crippen LogP contribution in [-0.4, -0.2) is 24.3 Å². The maximum Gasteiger partial charge on any atom is 0.0496 e. The Morgan fingerprint density at radius 2 is 2.18 bits per heavy atom. The first-order valence-corrected chi connectivity index (χ1v) is 7.20. The van der Waals surface area contributed by atoms with Crippen molar-refractivity contribution >= 4 is 11.3 Å². The molecule has 1 heterocycles. The van der Waals surface area contributed by atoms with E-state index in [2.05, 4.69) is 45.1 Å². The zero-order valence-corrected chi connectivity index (χ0v) is 12.2. The van der Waals surface area contributed by atoms with Gasteiger partial charge in [-0.25, -0.2) is 0 Å². The van der Waals surface area contributed by atoms with Gasteiger partial charge < -0.3 is 10.4 Å². The molecule has 2 nitrogen and oxygen atoms in total. The van der Waals surface area contributed by atoms with Crippen LogP contribution in [0.2, 0.25) is 0 Å². The SMILES string of the molecule is CCC(C)(CO)CNC(C)Cc1ccc(C)s1. The highest BCUT2D eigenvalue weighted by Gasteiger charge is 2.21. The normalized spacial score (nSPS) is 16.8. The van der Waals surface area contributed by atoms with Gasteiger partial charge in [0.25, 0.3) is 0 Å². The molecular weight excluding hydrogens is 230 g/mol. The molecule has 0 spiro atoms. The Balaban J connectivity index is 2.37. The van der Waals surface area contributed by atoms with Crippen molar-refractivity contribution in [2.75, 3.05) is 13.2 Å².